The smallest absolute Gasteiger partial charge is 0.203 e. The molecule has 4 nitrogen and oxygen atoms in total. The van der Waals surface area contributed by atoms with Crippen molar-refractivity contribution in [3.63, 3.8) is 0 Å². The molecular weight excluding hydrogens is 218 g/mol. The van der Waals surface area contributed by atoms with Crippen LogP contribution in [0.4, 0.5) is 0 Å². The van der Waals surface area contributed by atoms with E-state index in [1.54, 1.807) is 14.2 Å². The quantitative estimate of drug-likeness (QED) is 0.770. The van der Waals surface area contributed by atoms with Gasteiger partial charge in [-0.05, 0) is 30.2 Å². The van der Waals surface area contributed by atoms with E-state index in [0.717, 1.165) is 11.1 Å². The minimum Gasteiger partial charge on any atom is -0.493 e. The van der Waals surface area contributed by atoms with Crippen LogP contribution in [0.1, 0.15) is 12.5 Å². The summed E-state index contributed by atoms with van der Waals surface area (Å²) in [5.74, 6) is 1.81. The van der Waals surface area contributed by atoms with E-state index in [9.17, 15) is 0 Å². The normalized spacial score (nSPS) is 9.88. The lowest BCUT2D eigenvalue weighted by Gasteiger charge is -2.15. The molecule has 0 heterocycles. The van der Waals surface area contributed by atoms with Crippen LogP contribution in [0.25, 0.3) is 0 Å². The minimum absolute atomic E-state index is 0.424. The summed E-state index contributed by atoms with van der Waals surface area (Å²) in [4.78, 5) is 0. The van der Waals surface area contributed by atoms with Gasteiger partial charge in [0.15, 0.2) is 11.5 Å². The molecule has 0 aliphatic rings. The highest BCUT2D eigenvalue weighted by Gasteiger charge is 2.13. The van der Waals surface area contributed by atoms with Crippen molar-refractivity contribution in [2.45, 2.75) is 13.5 Å². The number of nitrogens with two attached hydrogens (primary N) is 1. The average molecular weight is 237 g/mol. The maximum atomic E-state index is 5.62. The maximum absolute atomic E-state index is 5.62. The van der Waals surface area contributed by atoms with Crippen LogP contribution in [0.5, 0.6) is 17.2 Å². The predicted molar refractivity (Wildman–Crippen MR) is 67.7 cm³/mol. The van der Waals surface area contributed by atoms with Crippen LogP contribution >= 0.6 is 0 Å². The van der Waals surface area contributed by atoms with Crippen LogP contribution in [0.3, 0.4) is 0 Å². The summed E-state index contributed by atoms with van der Waals surface area (Å²) < 4.78 is 16.2. The molecule has 0 aromatic heterocycles. The Labute approximate surface area is 102 Å². The Morgan fingerprint density at radius 2 is 1.76 bits per heavy atom. The van der Waals surface area contributed by atoms with Crippen LogP contribution < -0.4 is 19.9 Å². The largest absolute Gasteiger partial charge is 0.493 e. The fourth-order valence-electron chi connectivity index (χ4n) is 1.39. The topological polar surface area (TPSA) is 53.7 Å². The van der Waals surface area contributed by atoms with Gasteiger partial charge in [-0.2, -0.15) is 0 Å². The van der Waals surface area contributed by atoms with E-state index in [2.05, 4.69) is 6.58 Å². The molecule has 2 N–H and O–H groups in total. The standard InChI is InChI=1S/C13H19NO3/c1-9(2)8-17-13-11(15-3)5-10(7-14)6-12(13)16-4/h5-6H,1,7-8,14H2,2-4H3. The molecule has 0 saturated carbocycles. The molecule has 0 amide bonds. The van der Waals surface area contributed by atoms with E-state index in [4.69, 9.17) is 19.9 Å². The second-order valence-corrected chi connectivity index (χ2v) is 3.78. The van der Waals surface area contributed by atoms with Crippen molar-refractivity contribution < 1.29 is 14.2 Å². The molecule has 0 radical (unpaired) electrons. The lowest BCUT2D eigenvalue weighted by Crippen LogP contribution is -2.04. The molecule has 0 aliphatic heterocycles. The van der Waals surface area contributed by atoms with Gasteiger partial charge < -0.3 is 19.9 Å². The van der Waals surface area contributed by atoms with Crippen molar-refractivity contribution in [1.82, 2.24) is 0 Å². The summed E-state index contributed by atoms with van der Waals surface area (Å²) in [5, 5.41) is 0. The highest BCUT2D eigenvalue weighted by atomic mass is 16.5. The van der Waals surface area contributed by atoms with Crippen molar-refractivity contribution in [3.05, 3.63) is 29.8 Å². The Bertz CT molecular complexity index is 377. The third kappa shape index (κ3) is 3.39. The Hall–Kier alpha value is -1.68. The van der Waals surface area contributed by atoms with Gasteiger partial charge in [0.2, 0.25) is 5.75 Å². The van der Waals surface area contributed by atoms with Crippen LogP contribution in [-0.2, 0) is 6.54 Å². The summed E-state index contributed by atoms with van der Waals surface area (Å²) in [6.07, 6.45) is 0. The second-order valence-electron chi connectivity index (χ2n) is 3.78. The lowest BCUT2D eigenvalue weighted by atomic mass is 10.2. The zero-order chi connectivity index (χ0) is 12.8. The number of rotatable bonds is 6. The Balaban J connectivity index is 3.10. The van der Waals surface area contributed by atoms with E-state index in [1.807, 2.05) is 19.1 Å². The van der Waals surface area contributed by atoms with Gasteiger partial charge in [-0.1, -0.05) is 6.58 Å². The van der Waals surface area contributed by atoms with Crippen molar-refractivity contribution in [2.24, 2.45) is 5.73 Å². The van der Waals surface area contributed by atoms with Crippen molar-refractivity contribution >= 4 is 0 Å². The molecule has 0 spiro atoms. The zero-order valence-corrected chi connectivity index (χ0v) is 10.6. The van der Waals surface area contributed by atoms with Gasteiger partial charge in [-0.15, -0.1) is 0 Å². The monoisotopic (exact) mass is 237 g/mol. The van der Waals surface area contributed by atoms with E-state index in [0.29, 0.717) is 30.4 Å². The summed E-state index contributed by atoms with van der Waals surface area (Å²) in [7, 11) is 3.17. The average Bonchev–Trinajstić information content (AvgIpc) is 2.34. The molecular formula is C13H19NO3. The highest BCUT2D eigenvalue weighted by Crippen LogP contribution is 2.38. The Kier molecular flexibility index (Phi) is 4.84. The van der Waals surface area contributed by atoms with Gasteiger partial charge in [0.25, 0.3) is 0 Å². The van der Waals surface area contributed by atoms with E-state index in [1.165, 1.54) is 0 Å². The molecule has 4 heteroatoms. The van der Waals surface area contributed by atoms with Crippen LogP contribution in [0, 0.1) is 0 Å². The first-order valence-corrected chi connectivity index (χ1v) is 5.34. The third-order valence-corrected chi connectivity index (χ3v) is 2.22. The van der Waals surface area contributed by atoms with Crippen molar-refractivity contribution in [2.75, 3.05) is 20.8 Å². The summed E-state index contributed by atoms with van der Waals surface area (Å²) in [6, 6.07) is 3.69. The maximum Gasteiger partial charge on any atom is 0.203 e. The van der Waals surface area contributed by atoms with Gasteiger partial charge in [-0.3, -0.25) is 0 Å². The van der Waals surface area contributed by atoms with Gasteiger partial charge in [0, 0.05) is 6.54 Å². The molecule has 1 aromatic carbocycles. The molecule has 0 fully saturated rings. The molecule has 0 saturated heterocycles. The molecule has 1 aromatic rings. The molecule has 0 bridgehead atoms. The van der Waals surface area contributed by atoms with Crippen molar-refractivity contribution in [3.8, 4) is 17.2 Å². The SMILES string of the molecule is C=C(C)COc1c(OC)cc(CN)cc1OC. The fourth-order valence-corrected chi connectivity index (χ4v) is 1.39. The van der Waals surface area contributed by atoms with Gasteiger partial charge in [-0.25, -0.2) is 0 Å². The molecule has 0 unspecified atom stereocenters. The number of ether oxygens (including phenoxy) is 3. The van der Waals surface area contributed by atoms with Gasteiger partial charge >= 0.3 is 0 Å². The summed E-state index contributed by atoms with van der Waals surface area (Å²) in [5.41, 5.74) is 7.46. The van der Waals surface area contributed by atoms with E-state index in [-0.39, 0.29) is 0 Å². The number of benzene rings is 1. The Morgan fingerprint density at radius 1 is 1.24 bits per heavy atom. The zero-order valence-electron chi connectivity index (χ0n) is 10.6. The number of hydrogen-bond donors (Lipinski definition) is 1. The third-order valence-electron chi connectivity index (χ3n) is 2.22. The summed E-state index contributed by atoms with van der Waals surface area (Å²) in [6.45, 7) is 6.53. The van der Waals surface area contributed by atoms with Crippen LogP contribution in [-0.4, -0.2) is 20.8 Å². The first kappa shape index (κ1) is 13.4. The summed E-state index contributed by atoms with van der Waals surface area (Å²) >= 11 is 0. The Morgan fingerprint density at radius 3 is 2.12 bits per heavy atom. The molecule has 0 atom stereocenters. The van der Waals surface area contributed by atoms with E-state index >= 15 is 0 Å². The van der Waals surface area contributed by atoms with Gasteiger partial charge in [0.05, 0.1) is 14.2 Å². The first-order valence-electron chi connectivity index (χ1n) is 5.34. The lowest BCUT2D eigenvalue weighted by molar-refractivity contribution is 0.295. The number of hydrogen-bond acceptors (Lipinski definition) is 4. The first-order chi connectivity index (χ1) is 8.12. The highest BCUT2D eigenvalue weighted by molar-refractivity contribution is 5.54. The second kappa shape index (κ2) is 6.15. The van der Waals surface area contributed by atoms with Crippen LogP contribution in [0.15, 0.2) is 24.3 Å². The fraction of sp³-hybridized carbons (Fsp3) is 0.385. The molecule has 94 valence electrons. The van der Waals surface area contributed by atoms with Crippen molar-refractivity contribution in [1.29, 1.82) is 0 Å². The van der Waals surface area contributed by atoms with Gasteiger partial charge in [0.1, 0.15) is 6.61 Å². The predicted octanol–water partition coefficient (Wildman–Crippen LogP) is 2.12. The van der Waals surface area contributed by atoms with E-state index < -0.39 is 0 Å². The minimum atomic E-state index is 0.424. The van der Waals surface area contributed by atoms with Crippen LogP contribution in [0.2, 0.25) is 0 Å². The molecule has 17 heavy (non-hydrogen) atoms. The number of methoxy groups -OCH3 is 2. The molecule has 1 rings (SSSR count). The molecule has 0 aliphatic carbocycles.